The van der Waals surface area contributed by atoms with Crippen LogP contribution >= 0.6 is 23.2 Å². The van der Waals surface area contributed by atoms with Crippen LogP contribution in [0.3, 0.4) is 0 Å². The number of hydrogen-bond donors (Lipinski definition) is 0. The first-order chi connectivity index (χ1) is 15.2. The number of aryl methyl sites for hydroxylation is 1. The van der Waals surface area contributed by atoms with Gasteiger partial charge >= 0.3 is 11.7 Å². The van der Waals surface area contributed by atoms with Crippen LogP contribution in [0.1, 0.15) is 30.9 Å². The maximum absolute atomic E-state index is 13.0. The van der Waals surface area contributed by atoms with Gasteiger partial charge in [0.05, 0.1) is 6.54 Å². The topological polar surface area (TPSA) is 71.1 Å². The summed E-state index contributed by atoms with van der Waals surface area (Å²) >= 11 is 12.4. The van der Waals surface area contributed by atoms with Gasteiger partial charge in [0.25, 0.3) is 5.56 Å². The van der Waals surface area contributed by atoms with Gasteiger partial charge in [0, 0.05) is 24.1 Å². The number of imidazole rings is 1. The highest BCUT2D eigenvalue weighted by molar-refractivity contribution is 6.35. The normalized spacial score (nSPS) is 11.5. The zero-order valence-corrected chi connectivity index (χ0v) is 19.6. The molecule has 4 aromatic rings. The third kappa shape index (κ3) is 3.94. The molecule has 0 fully saturated rings. The number of rotatable bonds is 5. The number of halogens is 2. The van der Waals surface area contributed by atoms with Gasteiger partial charge in [-0.1, -0.05) is 55.2 Å². The first kappa shape index (κ1) is 22.2. The van der Waals surface area contributed by atoms with E-state index in [4.69, 9.17) is 27.9 Å². The fourth-order valence-corrected chi connectivity index (χ4v) is 3.97. The van der Waals surface area contributed by atoms with Gasteiger partial charge in [-0.25, -0.2) is 4.79 Å². The largest absolute Gasteiger partial charge is 0.425 e. The molecule has 0 unspecified atom stereocenters. The van der Waals surface area contributed by atoms with Gasteiger partial charge in [-0.15, -0.1) is 0 Å². The number of fused-ring (bicyclic) bond motifs is 1. The minimum Gasteiger partial charge on any atom is -0.425 e. The summed E-state index contributed by atoms with van der Waals surface area (Å²) in [6.07, 6.45) is 0. The first-order valence-corrected chi connectivity index (χ1v) is 10.8. The van der Waals surface area contributed by atoms with E-state index in [-0.39, 0.29) is 23.7 Å². The summed E-state index contributed by atoms with van der Waals surface area (Å²) in [5.41, 5.74) is 1.45. The van der Waals surface area contributed by atoms with E-state index < -0.39 is 11.2 Å². The number of ether oxygens (including phenoxy) is 1. The monoisotopic (exact) mass is 472 g/mol. The molecule has 2 aromatic carbocycles. The average molecular weight is 473 g/mol. The molecule has 0 aliphatic rings. The second-order valence-corrected chi connectivity index (χ2v) is 8.76. The maximum atomic E-state index is 13.0. The van der Waals surface area contributed by atoms with Crippen molar-refractivity contribution in [3.8, 4) is 11.8 Å². The van der Waals surface area contributed by atoms with Crippen molar-refractivity contribution in [2.24, 2.45) is 14.1 Å². The molecule has 0 radical (unpaired) electrons. The molecule has 0 atom stereocenters. The molecule has 7 nitrogen and oxygen atoms in total. The molecule has 2 aromatic heterocycles. The van der Waals surface area contributed by atoms with E-state index in [1.165, 1.54) is 17.2 Å². The van der Waals surface area contributed by atoms with E-state index >= 15 is 0 Å². The molecule has 0 spiro atoms. The Hall–Kier alpha value is -3.03. The predicted molar refractivity (Wildman–Crippen MR) is 126 cm³/mol. The Morgan fingerprint density at radius 1 is 1.00 bits per heavy atom. The third-order valence-corrected chi connectivity index (χ3v) is 6.00. The molecule has 0 aliphatic carbocycles. The van der Waals surface area contributed by atoms with Crippen LogP contribution in [0.15, 0.2) is 52.1 Å². The lowest BCUT2D eigenvalue weighted by molar-refractivity contribution is 0.421. The fraction of sp³-hybridized carbons (Fsp3) is 0.261. The van der Waals surface area contributed by atoms with Crippen molar-refractivity contribution in [1.29, 1.82) is 0 Å². The fourth-order valence-electron chi connectivity index (χ4n) is 3.50. The van der Waals surface area contributed by atoms with Crippen LogP contribution in [0, 0.1) is 0 Å². The van der Waals surface area contributed by atoms with Gasteiger partial charge in [-0.05, 0) is 41.3 Å². The van der Waals surface area contributed by atoms with Crippen molar-refractivity contribution in [2.45, 2.75) is 26.3 Å². The SMILES string of the molecule is CC(C)c1ccc(Oc2nc3c(c(=O)n(C)c(=O)n3C)n2Cc2ccc(Cl)cc2Cl)cc1. The van der Waals surface area contributed by atoms with E-state index in [2.05, 4.69) is 18.8 Å². The summed E-state index contributed by atoms with van der Waals surface area (Å²) in [5.74, 6) is 0.952. The van der Waals surface area contributed by atoms with Gasteiger partial charge in [-0.3, -0.25) is 18.5 Å². The Kier molecular flexibility index (Phi) is 5.88. The van der Waals surface area contributed by atoms with E-state index in [1.54, 1.807) is 29.8 Å². The summed E-state index contributed by atoms with van der Waals surface area (Å²) in [5, 5.41) is 0.961. The molecule has 9 heteroatoms. The predicted octanol–water partition coefficient (Wildman–Crippen LogP) is 4.70. The highest BCUT2D eigenvalue weighted by Crippen LogP contribution is 2.29. The molecule has 0 N–H and O–H groups in total. The summed E-state index contributed by atoms with van der Waals surface area (Å²) in [7, 11) is 3.00. The average Bonchev–Trinajstić information content (AvgIpc) is 3.11. The molecular formula is C23H22Cl2N4O3. The van der Waals surface area contributed by atoms with Crippen LogP contribution in [0.2, 0.25) is 10.0 Å². The van der Waals surface area contributed by atoms with Gasteiger partial charge in [0.2, 0.25) is 0 Å². The van der Waals surface area contributed by atoms with Crippen molar-refractivity contribution in [3.63, 3.8) is 0 Å². The van der Waals surface area contributed by atoms with Gasteiger partial charge in [0.15, 0.2) is 11.2 Å². The van der Waals surface area contributed by atoms with Gasteiger partial charge in [0.1, 0.15) is 5.75 Å². The number of benzene rings is 2. The van der Waals surface area contributed by atoms with Crippen molar-refractivity contribution in [1.82, 2.24) is 18.7 Å². The smallest absolute Gasteiger partial charge is 0.332 e. The Labute approximate surface area is 194 Å². The number of nitrogens with zero attached hydrogens (tertiary/aromatic N) is 4. The molecule has 0 aliphatic heterocycles. The second kappa shape index (κ2) is 8.48. The summed E-state index contributed by atoms with van der Waals surface area (Å²) in [6.45, 7) is 4.43. The molecule has 166 valence electrons. The minimum absolute atomic E-state index is 0.182. The zero-order valence-electron chi connectivity index (χ0n) is 18.1. The lowest BCUT2D eigenvalue weighted by Crippen LogP contribution is -2.37. The van der Waals surface area contributed by atoms with Crippen LogP contribution in [0.25, 0.3) is 11.2 Å². The third-order valence-electron chi connectivity index (χ3n) is 5.41. The van der Waals surface area contributed by atoms with E-state index in [9.17, 15) is 9.59 Å². The number of aromatic nitrogens is 4. The van der Waals surface area contributed by atoms with E-state index in [0.717, 1.165) is 10.1 Å². The highest BCUT2D eigenvalue weighted by Gasteiger charge is 2.21. The lowest BCUT2D eigenvalue weighted by Gasteiger charge is -2.12. The van der Waals surface area contributed by atoms with Crippen LogP contribution in [0.4, 0.5) is 0 Å². The van der Waals surface area contributed by atoms with E-state index in [0.29, 0.717) is 21.7 Å². The Morgan fingerprint density at radius 2 is 1.69 bits per heavy atom. The molecule has 0 bridgehead atoms. The standard InChI is InChI=1S/C23H22Cl2N4O3/c1-13(2)14-6-9-17(10-7-14)32-22-26-20-19(21(30)28(4)23(31)27(20)3)29(22)12-15-5-8-16(24)11-18(15)25/h5-11,13H,12H2,1-4H3. The quantitative estimate of drug-likeness (QED) is 0.421. The maximum Gasteiger partial charge on any atom is 0.332 e. The summed E-state index contributed by atoms with van der Waals surface area (Å²) in [6, 6.07) is 13.0. The van der Waals surface area contributed by atoms with Gasteiger partial charge in [-0.2, -0.15) is 4.98 Å². The minimum atomic E-state index is -0.468. The summed E-state index contributed by atoms with van der Waals surface area (Å²) in [4.78, 5) is 29.9. The van der Waals surface area contributed by atoms with Crippen LogP contribution < -0.4 is 16.0 Å². The molecule has 0 amide bonds. The highest BCUT2D eigenvalue weighted by atomic mass is 35.5. The second-order valence-electron chi connectivity index (χ2n) is 7.92. The molecule has 0 saturated carbocycles. The number of hydrogen-bond acceptors (Lipinski definition) is 4. The summed E-state index contributed by atoms with van der Waals surface area (Å²) < 4.78 is 10.1. The molecule has 32 heavy (non-hydrogen) atoms. The molecular weight excluding hydrogens is 451 g/mol. The van der Waals surface area contributed by atoms with E-state index in [1.807, 2.05) is 24.3 Å². The zero-order chi connectivity index (χ0) is 23.2. The van der Waals surface area contributed by atoms with Crippen molar-refractivity contribution in [3.05, 3.63) is 84.5 Å². The van der Waals surface area contributed by atoms with Crippen LogP contribution in [-0.4, -0.2) is 18.7 Å². The lowest BCUT2D eigenvalue weighted by atomic mass is 10.0. The Morgan fingerprint density at radius 3 is 2.31 bits per heavy atom. The first-order valence-electron chi connectivity index (χ1n) is 10.1. The van der Waals surface area contributed by atoms with Gasteiger partial charge < -0.3 is 4.74 Å². The Bertz CT molecular complexity index is 1430. The Balaban J connectivity index is 1.90. The molecule has 2 heterocycles. The van der Waals surface area contributed by atoms with Crippen molar-refractivity contribution in [2.75, 3.05) is 0 Å². The van der Waals surface area contributed by atoms with Crippen molar-refractivity contribution < 1.29 is 4.74 Å². The molecule has 0 saturated heterocycles. The van der Waals surface area contributed by atoms with Crippen molar-refractivity contribution >= 4 is 34.4 Å². The van der Waals surface area contributed by atoms with Crippen LogP contribution in [-0.2, 0) is 20.6 Å². The molecule has 4 rings (SSSR count). The van der Waals surface area contributed by atoms with Crippen LogP contribution in [0.5, 0.6) is 11.8 Å².